The Morgan fingerprint density at radius 3 is 2.53 bits per heavy atom. The maximum Gasteiger partial charge on any atom is 0.419 e. The SMILES string of the molecule is C=C(C)c1c(NC)ncnc1N1CCC(C2NC(c3ccc(F)c(C(F)(F)F)c3)=CN2CCN(C)C)CC1. The number of allylic oxidation sites excluding steroid dienone is 1. The molecule has 7 nitrogen and oxygen atoms in total. The molecule has 1 aromatic heterocycles. The lowest BCUT2D eigenvalue weighted by atomic mass is 9.92. The lowest BCUT2D eigenvalue weighted by Gasteiger charge is -2.39. The average molecular weight is 534 g/mol. The fourth-order valence-corrected chi connectivity index (χ4v) is 5.13. The second kappa shape index (κ2) is 11.2. The van der Waals surface area contributed by atoms with Gasteiger partial charge in [-0.1, -0.05) is 6.58 Å². The third-order valence-electron chi connectivity index (χ3n) is 7.12. The molecule has 11 heteroatoms. The molecule has 0 radical (unpaired) electrons. The van der Waals surface area contributed by atoms with E-state index in [0.717, 1.165) is 67.4 Å². The van der Waals surface area contributed by atoms with Crippen LogP contribution in [-0.4, -0.2) is 73.3 Å². The minimum absolute atomic E-state index is 0.0784. The third-order valence-corrected chi connectivity index (χ3v) is 7.12. The van der Waals surface area contributed by atoms with Crippen molar-refractivity contribution < 1.29 is 17.6 Å². The van der Waals surface area contributed by atoms with Gasteiger partial charge >= 0.3 is 6.18 Å². The number of rotatable bonds is 8. The van der Waals surface area contributed by atoms with Gasteiger partial charge in [0.1, 0.15) is 29.9 Å². The normalized spacial score (nSPS) is 18.6. The molecule has 0 spiro atoms. The first-order chi connectivity index (χ1) is 18.0. The molecule has 0 aliphatic carbocycles. The highest BCUT2D eigenvalue weighted by atomic mass is 19.4. The van der Waals surface area contributed by atoms with E-state index in [4.69, 9.17) is 0 Å². The quantitative estimate of drug-likeness (QED) is 0.477. The molecule has 3 heterocycles. The zero-order valence-electron chi connectivity index (χ0n) is 22.2. The van der Waals surface area contributed by atoms with Crippen molar-refractivity contribution in [1.29, 1.82) is 0 Å². The lowest BCUT2D eigenvalue weighted by Crippen LogP contribution is -2.48. The summed E-state index contributed by atoms with van der Waals surface area (Å²) in [6, 6.07) is 3.17. The molecule has 2 N–H and O–H groups in total. The number of alkyl halides is 3. The number of nitrogens with zero attached hydrogens (tertiary/aromatic N) is 5. The first-order valence-electron chi connectivity index (χ1n) is 12.7. The molecule has 0 amide bonds. The van der Waals surface area contributed by atoms with Crippen molar-refractivity contribution in [2.45, 2.75) is 32.1 Å². The van der Waals surface area contributed by atoms with Gasteiger partial charge in [0.15, 0.2) is 0 Å². The van der Waals surface area contributed by atoms with E-state index in [9.17, 15) is 17.6 Å². The number of benzene rings is 1. The van der Waals surface area contributed by atoms with Crippen molar-refractivity contribution in [2.24, 2.45) is 5.92 Å². The maximum absolute atomic E-state index is 13.9. The van der Waals surface area contributed by atoms with Crippen molar-refractivity contribution in [1.82, 2.24) is 25.1 Å². The molecular weight excluding hydrogens is 498 g/mol. The van der Waals surface area contributed by atoms with Gasteiger partial charge in [0, 0.05) is 45.3 Å². The van der Waals surface area contributed by atoms with E-state index < -0.39 is 17.6 Å². The number of hydrogen-bond acceptors (Lipinski definition) is 7. The third kappa shape index (κ3) is 5.87. The second-order valence-electron chi connectivity index (χ2n) is 10.1. The minimum atomic E-state index is -4.76. The van der Waals surface area contributed by atoms with Crippen molar-refractivity contribution in [2.75, 3.05) is 57.5 Å². The summed E-state index contributed by atoms with van der Waals surface area (Å²) in [5.41, 5.74) is 1.42. The summed E-state index contributed by atoms with van der Waals surface area (Å²) in [6.07, 6.45) is 0.315. The van der Waals surface area contributed by atoms with Gasteiger partial charge in [-0.3, -0.25) is 0 Å². The van der Waals surface area contributed by atoms with Gasteiger partial charge in [0.2, 0.25) is 0 Å². The molecule has 1 atom stereocenters. The number of nitrogens with one attached hydrogen (secondary N) is 2. The van der Waals surface area contributed by atoms with Gasteiger partial charge in [0.05, 0.1) is 16.8 Å². The monoisotopic (exact) mass is 533 g/mol. The van der Waals surface area contributed by atoms with Crippen LogP contribution in [0.5, 0.6) is 0 Å². The highest BCUT2D eigenvalue weighted by molar-refractivity contribution is 5.80. The summed E-state index contributed by atoms with van der Waals surface area (Å²) in [6.45, 7) is 9.08. The van der Waals surface area contributed by atoms with Gasteiger partial charge in [-0.2, -0.15) is 13.2 Å². The number of likely N-dealkylation sites (N-methyl/N-ethyl adjacent to an activating group) is 1. The standard InChI is InChI=1S/C27H35F4N7/c1-17(2)23-24(32-3)33-16-34-26(23)37-10-8-18(9-11-37)25-35-22(15-38(25)13-12-36(4)5)19-6-7-21(28)20(14-19)27(29,30)31/h6-7,14-16,18,25,35H,1,8-13H2,2-5H3,(H,32,33,34). The topological polar surface area (TPSA) is 59.6 Å². The van der Waals surface area contributed by atoms with Crippen molar-refractivity contribution in [3.63, 3.8) is 0 Å². The van der Waals surface area contributed by atoms with Crippen molar-refractivity contribution in [3.8, 4) is 0 Å². The highest BCUT2D eigenvalue weighted by Gasteiger charge is 2.37. The predicted octanol–water partition coefficient (Wildman–Crippen LogP) is 4.72. The molecule has 4 rings (SSSR count). The molecule has 1 fully saturated rings. The Bertz CT molecular complexity index is 1190. The van der Waals surface area contributed by atoms with E-state index in [2.05, 4.69) is 41.9 Å². The Kier molecular flexibility index (Phi) is 8.15. The predicted molar refractivity (Wildman–Crippen MR) is 143 cm³/mol. The Morgan fingerprint density at radius 1 is 1.21 bits per heavy atom. The summed E-state index contributed by atoms with van der Waals surface area (Å²) >= 11 is 0. The molecule has 1 unspecified atom stereocenters. The molecule has 2 aliphatic heterocycles. The largest absolute Gasteiger partial charge is 0.419 e. The lowest BCUT2D eigenvalue weighted by molar-refractivity contribution is -0.140. The fraction of sp³-hybridized carbons (Fsp3) is 0.481. The second-order valence-corrected chi connectivity index (χ2v) is 10.1. The molecule has 0 saturated carbocycles. The minimum Gasteiger partial charge on any atom is -0.372 e. The molecule has 1 saturated heterocycles. The van der Waals surface area contributed by atoms with E-state index in [-0.39, 0.29) is 12.1 Å². The molecule has 2 aliphatic rings. The fourth-order valence-electron chi connectivity index (χ4n) is 5.13. The van der Waals surface area contributed by atoms with Crippen LogP contribution >= 0.6 is 0 Å². The van der Waals surface area contributed by atoms with E-state index >= 15 is 0 Å². The summed E-state index contributed by atoms with van der Waals surface area (Å²) in [5.74, 6) is 0.573. The van der Waals surface area contributed by atoms with Gasteiger partial charge < -0.3 is 25.3 Å². The van der Waals surface area contributed by atoms with Gasteiger partial charge in [-0.05, 0) is 63.2 Å². The van der Waals surface area contributed by atoms with E-state index in [1.54, 1.807) is 6.33 Å². The Labute approximate surface area is 221 Å². The molecule has 0 bridgehead atoms. The Balaban J connectivity index is 1.53. The summed E-state index contributed by atoms with van der Waals surface area (Å²) in [7, 11) is 5.79. The van der Waals surface area contributed by atoms with Crippen molar-refractivity contribution in [3.05, 3.63) is 59.8 Å². The number of piperidine rings is 1. The average Bonchev–Trinajstić information content (AvgIpc) is 3.30. The van der Waals surface area contributed by atoms with Crippen LogP contribution in [0.2, 0.25) is 0 Å². The number of aromatic nitrogens is 2. The smallest absolute Gasteiger partial charge is 0.372 e. The molecule has 38 heavy (non-hydrogen) atoms. The van der Waals surface area contributed by atoms with Crippen LogP contribution in [0.4, 0.5) is 29.2 Å². The van der Waals surface area contributed by atoms with Gasteiger partial charge in [0.25, 0.3) is 0 Å². The summed E-state index contributed by atoms with van der Waals surface area (Å²) < 4.78 is 54.0. The van der Waals surface area contributed by atoms with Crippen LogP contribution in [0.1, 0.15) is 36.5 Å². The summed E-state index contributed by atoms with van der Waals surface area (Å²) in [4.78, 5) is 15.4. The number of halogens is 4. The molecule has 1 aromatic carbocycles. The van der Waals surface area contributed by atoms with Crippen LogP contribution in [0.3, 0.4) is 0 Å². The van der Waals surface area contributed by atoms with E-state index in [0.29, 0.717) is 17.8 Å². The van der Waals surface area contributed by atoms with Crippen LogP contribution < -0.4 is 15.5 Å². The first kappa shape index (κ1) is 27.7. The van der Waals surface area contributed by atoms with Crippen LogP contribution in [0.25, 0.3) is 11.3 Å². The van der Waals surface area contributed by atoms with Gasteiger partial charge in [-0.15, -0.1) is 0 Å². The number of hydrogen-bond donors (Lipinski definition) is 2. The molecular formula is C27H35F4N7. The number of anilines is 2. The summed E-state index contributed by atoms with van der Waals surface area (Å²) in [5, 5.41) is 6.58. The van der Waals surface area contributed by atoms with E-state index in [1.807, 2.05) is 34.3 Å². The van der Waals surface area contributed by atoms with Crippen LogP contribution in [0.15, 0.2) is 37.3 Å². The zero-order chi connectivity index (χ0) is 27.6. The Hall–Kier alpha value is -3.34. The van der Waals surface area contributed by atoms with Crippen LogP contribution in [-0.2, 0) is 6.18 Å². The molecule has 206 valence electrons. The van der Waals surface area contributed by atoms with Gasteiger partial charge in [-0.25, -0.2) is 14.4 Å². The van der Waals surface area contributed by atoms with Crippen LogP contribution in [0, 0.1) is 11.7 Å². The first-order valence-corrected chi connectivity index (χ1v) is 12.7. The zero-order valence-corrected chi connectivity index (χ0v) is 22.2. The Morgan fingerprint density at radius 2 is 1.92 bits per heavy atom. The molecule has 2 aromatic rings. The van der Waals surface area contributed by atoms with E-state index in [1.165, 1.54) is 6.07 Å². The maximum atomic E-state index is 13.9. The van der Waals surface area contributed by atoms with Crippen molar-refractivity contribution >= 4 is 22.9 Å². The highest BCUT2D eigenvalue weighted by Crippen LogP contribution is 2.37.